The molecule has 2 rings (SSSR count). The molecular weight excluding hydrogens is 440 g/mol. The molecule has 1 N–H and O–H groups in total. The third kappa shape index (κ3) is 7.32. The lowest BCUT2D eigenvalue weighted by molar-refractivity contribution is -0.153. The van der Waals surface area contributed by atoms with Crippen molar-refractivity contribution in [2.75, 3.05) is 17.9 Å². The average Bonchev–Trinajstić information content (AvgIpc) is 2.56. The Hall–Kier alpha value is -2.63. The number of sulfonamides is 1. The van der Waals surface area contributed by atoms with Crippen LogP contribution in [0.15, 0.2) is 41.3 Å². The van der Waals surface area contributed by atoms with Crippen LogP contribution in [0.3, 0.4) is 0 Å². The van der Waals surface area contributed by atoms with Crippen molar-refractivity contribution >= 4 is 15.7 Å². The zero-order valence-corrected chi connectivity index (χ0v) is 16.5. The first kappa shape index (κ1) is 23.6. The van der Waals surface area contributed by atoms with E-state index < -0.39 is 47.1 Å². The maximum absolute atomic E-state index is 12.6. The summed E-state index contributed by atoms with van der Waals surface area (Å²) >= 11 is 0. The van der Waals surface area contributed by atoms with Gasteiger partial charge in [0.25, 0.3) is 10.0 Å². The number of alkyl halides is 6. The Morgan fingerprint density at radius 1 is 0.833 bits per heavy atom. The van der Waals surface area contributed by atoms with Gasteiger partial charge in [0, 0.05) is 18.2 Å². The van der Waals surface area contributed by atoms with Crippen LogP contribution in [-0.4, -0.2) is 34.0 Å². The van der Waals surface area contributed by atoms with Crippen molar-refractivity contribution in [3.8, 4) is 11.5 Å². The van der Waals surface area contributed by atoms with E-state index in [9.17, 15) is 34.8 Å². The number of ether oxygens (including phenoxy) is 2. The molecule has 0 spiro atoms. The molecule has 0 aromatic heterocycles. The smallest absolute Gasteiger partial charge is 0.422 e. The summed E-state index contributed by atoms with van der Waals surface area (Å²) in [4.78, 5) is -0.104. The van der Waals surface area contributed by atoms with E-state index >= 15 is 0 Å². The Balaban J connectivity index is 2.36. The van der Waals surface area contributed by atoms with Crippen LogP contribution in [0.5, 0.6) is 11.5 Å². The van der Waals surface area contributed by atoms with E-state index in [-0.39, 0.29) is 10.6 Å². The van der Waals surface area contributed by atoms with Crippen LogP contribution in [0, 0.1) is 13.8 Å². The lowest BCUT2D eigenvalue weighted by Gasteiger charge is -2.16. The van der Waals surface area contributed by atoms with Gasteiger partial charge in [-0.3, -0.25) is 4.72 Å². The monoisotopic (exact) mass is 457 g/mol. The molecule has 5 nitrogen and oxygen atoms in total. The third-order valence-corrected chi connectivity index (χ3v) is 5.10. The number of aryl methyl sites for hydroxylation is 2. The maximum atomic E-state index is 12.6. The molecular formula is C18H17F6NO4S. The first-order valence-corrected chi connectivity index (χ1v) is 9.77. The summed E-state index contributed by atoms with van der Waals surface area (Å²) in [5.41, 5.74) is 0.879. The quantitative estimate of drug-likeness (QED) is 0.596. The first-order valence-electron chi connectivity index (χ1n) is 8.29. The van der Waals surface area contributed by atoms with E-state index in [0.29, 0.717) is 5.56 Å². The lowest BCUT2D eigenvalue weighted by atomic mass is 10.2. The summed E-state index contributed by atoms with van der Waals surface area (Å²) in [7, 11) is -4.19. The zero-order valence-electron chi connectivity index (χ0n) is 15.7. The Bertz CT molecular complexity index is 966. The van der Waals surface area contributed by atoms with Crippen LogP contribution in [0.2, 0.25) is 0 Å². The van der Waals surface area contributed by atoms with E-state index in [1.165, 1.54) is 6.07 Å². The highest BCUT2D eigenvalue weighted by Gasteiger charge is 2.30. The fraction of sp³-hybridized carbons (Fsp3) is 0.333. The summed E-state index contributed by atoms with van der Waals surface area (Å²) in [6.45, 7) is -0.150. The maximum Gasteiger partial charge on any atom is 0.422 e. The molecule has 0 aliphatic carbocycles. The largest absolute Gasteiger partial charge is 0.484 e. The van der Waals surface area contributed by atoms with Crippen molar-refractivity contribution in [3.05, 3.63) is 47.5 Å². The second-order valence-electron chi connectivity index (χ2n) is 6.38. The molecule has 12 heteroatoms. The molecule has 0 saturated heterocycles. The van der Waals surface area contributed by atoms with Crippen LogP contribution in [-0.2, 0) is 10.0 Å². The number of halogens is 6. The van der Waals surface area contributed by atoms with Gasteiger partial charge in [0.1, 0.15) is 11.5 Å². The number of hydrogen-bond donors (Lipinski definition) is 1. The van der Waals surface area contributed by atoms with Crippen molar-refractivity contribution in [1.29, 1.82) is 0 Å². The van der Waals surface area contributed by atoms with Crippen LogP contribution < -0.4 is 14.2 Å². The van der Waals surface area contributed by atoms with Gasteiger partial charge in [0.15, 0.2) is 13.2 Å². The molecule has 0 radical (unpaired) electrons. The molecule has 2 aromatic rings. The van der Waals surface area contributed by atoms with E-state index in [1.807, 2.05) is 0 Å². The van der Waals surface area contributed by atoms with Crippen molar-refractivity contribution in [1.82, 2.24) is 0 Å². The summed E-state index contributed by atoms with van der Waals surface area (Å²) in [5, 5.41) is 0. The zero-order chi connectivity index (χ0) is 22.7. The Kier molecular flexibility index (Phi) is 6.80. The van der Waals surface area contributed by atoms with Gasteiger partial charge in [0.2, 0.25) is 0 Å². The van der Waals surface area contributed by atoms with Crippen LogP contribution in [0.25, 0.3) is 0 Å². The van der Waals surface area contributed by atoms with Gasteiger partial charge < -0.3 is 9.47 Å². The standard InChI is InChI=1S/C18H17F6NO4S/c1-11-3-4-16(12(2)5-11)30(26,27)25-13-6-14(28-9-17(19,20)21)8-15(7-13)29-10-18(22,23)24/h3-8,25H,9-10H2,1-2H3. The van der Waals surface area contributed by atoms with Gasteiger partial charge in [-0.25, -0.2) is 8.42 Å². The number of anilines is 1. The minimum absolute atomic E-state index is 0.104. The molecule has 0 bridgehead atoms. The van der Waals surface area contributed by atoms with Gasteiger partial charge in [-0.1, -0.05) is 17.7 Å². The lowest BCUT2D eigenvalue weighted by Crippen LogP contribution is -2.20. The van der Waals surface area contributed by atoms with Crippen LogP contribution in [0.1, 0.15) is 11.1 Å². The van der Waals surface area contributed by atoms with Crippen LogP contribution >= 0.6 is 0 Å². The van der Waals surface area contributed by atoms with Crippen molar-refractivity contribution in [2.24, 2.45) is 0 Å². The average molecular weight is 457 g/mol. The minimum atomic E-state index is -4.71. The second-order valence-corrected chi connectivity index (χ2v) is 8.03. The molecule has 166 valence electrons. The van der Waals surface area contributed by atoms with E-state index in [2.05, 4.69) is 14.2 Å². The fourth-order valence-electron chi connectivity index (χ4n) is 2.44. The minimum Gasteiger partial charge on any atom is -0.484 e. The second kappa shape index (κ2) is 8.62. The Labute approximate surface area is 168 Å². The van der Waals surface area contributed by atoms with Crippen molar-refractivity contribution in [3.63, 3.8) is 0 Å². The van der Waals surface area contributed by atoms with Gasteiger partial charge in [-0.05, 0) is 25.5 Å². The molecule has 0 unspecified atom stereocenters. The fourth-order valence-corrected chi connectivity index (χ4v) is 3.71. The molecule has 0 fully saturated rings. The Morgan fingerprint density at radius 2 is 1.33 bits per heavy atom. The first-order chi connectivity index (χ1) is 13.6. The number of hydrogen-bond acceptors (Lipinski definition) is 4. The highest BCUT2D eigenvalue weighted by molar-refractivity contribution is 7.92. The number of benzene rings is 2. The summed E-state index contributed by atoms with van der Waals surface area (Å²) in [6, 6.07) is 7.10. The van der Waals surface area contributed by atoms with E-state index in [1.54, 1.807) is 26.0 Å². The van der Waals surface area contributed by atoms with Gasteiger partial charge in [-0.2, -0.15) is 26.3 Å². The summed E-state index contributed by atoms with van der Waals surface area (Å²) in [6.07, 6.45) is -9.41. The topological polar surface area (TPSA) is 64.6 Å². The number of nitrogens with one attached hydrogen (secondary N) is 1. The highest BCUT2D eigenvalue weighted by Crippen LogP contribution is 2.31. The molecule has 0 saturated carbocycles. The van der Waals surface area contributed by atoms with E-state index in [4.69, 9.17) is 0 Å². The Morgan fingerprint density at radius 3 is 1.77 bits per heavy atom. The van der Waals surface area contributed by atoms with Gasteiger partial charge in [-0.15, -0.1) is 0 Å². The van der Waals surface area contributed by atoms with Crippen molar-refractivity contribution in [2.45, 2.75) is 31.1 Å². The summed E-state index contributed by atoms with van der Waals surface area (Å²) < 4.78 is 111. The number of rotatable bonds is 7. The van der Waals surface area contributed by atoms with E-state index in [0.717, 1.165) is 23.8 Å². The van der Waals surface area contributed by atoms with Crippen molar-refractivity contribution < 1.29 is 44.2 Å². The highest BCUT2D eigenvalue weighted by atomic mass is 32.2. The molecule has 0 amide bonds. The predicted molar refractivity (Wildman–Crippen MR) is 96.3 cm³/mol. The molecule has 0 heterocycles. The van der Waals surface area contributed by atoms with Gasteiger partial charge in [0.05, 0.1) is 10.6 Å². The van der Waals surface area contributed by atoms with Gasteiger partial charge >= 0.3 is 12.4 Å². The SMILES string of the molecule is Cc1ccc(S(=O)(=O)Nc2cc(OCC(F)(F)F)cc(OCC(F)(F)F)c2)c(C)c1. The molecule has 0 aliphatic rings. The predicted octanol–water partition coefficient (Wildman–Crippen LogP) is 4.99. The summed E-state index contributed by atoms with van der Waals surface area (Å²) in [5.74, 6) is -1.05. The normalized spacial score (nSPS) is 12.5. The van der Waals surface area contributed by atoms with Crippen LogP contribution in [0.4, 0.5) is 32.0 Å². The molecule has 2 aromatic carbocycles. The molecule has 30 heavy (non-hydrogen) atoms. The third-order valence-electron chi connectivity index (χ3n) is 3.56. The molecule has 0 atom stereocenters. The molecule has 0 aliphatic heterocycles.